The van der Waals surface area contributed by atoms with Gasteiger partial charge in [-0.15, -0.1) is 0 Å². The summed E-state index contributed by atoms with van der Waals surface area (Å²) >= 11 is 0. The average Bonchev–Trinajstić information content (AvgIpc) is 2.60. The molecule has 2 rings (SSSR count). The number of hydrogen-bond acceptors (Lipinski definition) is 3. The van der Waals surface area contributed by atoms with Crippen molar-refractivity contribution in [2.75, 3.05) is 19.9 Å². The van der Waals surface area contributed by atoms with Crippen molar-refractivity contribution in [3.63, 3.8) is 0 Å². The van der Waals surface area contributed by atoms with E-state index >= 15 is 0 Å². The Labute approximate surface area is 65.6 Å². The van der Waals surface area contributed by atoms with Gasteiger partial charge in [-0.3, -0.25) is 4.90 Å². The molecule has 3 heteroatoms. The Morgan fingerprint density at radius 1 is 1.55 bits per heavy atom. The van der Waals surface area contributed by atoms with Gasteiger partial charge in [0.1, 0.15) is 5.76 Å². The zero-order chi connectivity index (χ0) is 7.52. The lowest BCUT2D eigenvalue weighted by Gasteiger charge is -2.09. The van der Waals surface area contributed by atoms with E-state index in [0.29, 0.717) is 0 Å². The molecule has 1 aromatic rings. The van der Waals surface area contributed by atoms with Crippen molar-refractivity contribution in [2.24, 2.45) is 0 Å². The third-order valence-corrected chi connectivity index (χ3v) is 1.79. The molecule has 1 saturated heterocycles. The van der Waals surface area contributed by atoms with Gasteiger partial charge < -0.3 is 9.15 Å². The van der Waals surface area contributed by atoms with Crippen LogP contribution in [0.25, 0.3) is 0 Å². The monoisotopic (exact) mass is 153 g/mol. The Balaban J connectivity index is 1.90. The number of nitrogens with zero attached hydrogens (tertiary/aromatic N) is 1. The van der Waals surface area contributed by atoms with E-state index < -0.39 is 0 Å². The Kier molecular flexibility index (Phi) is 1.92. The van der Waals surface area contributed by atoms with E-state index in [2.05, 4.69) is 4.90 Å². The third kappa shape index (κ3) is 1.61. The summed E-state index contributed by atoms with van der Waals surface area (Å²) in [5.74, 6) is 1.01. The molecule has 2 heterocycles. The second-order valence-corrected chi connectivity index (χ2v) is 2.67. The lowest BCUT2D eigenvalue weighted by atomic mass is 10.4. The summed E-state index contributed by atoms with van der Waals surface area (Å²) in [6.45, 7) is 3.47. The van der Waals surface area contributed by atoms with Gasteiger partial charge in [0.25, 0.3) is 0 Å². The van der Waals surface area contributed by atoms with Gasteiger partial charge in [-0.25, -0.2) is 0 Å². The molecule has 0 bridgehead atoms. The first-order valence-electron chi connectivity index (χ1n) is 3.77. The van der Waals surface area contributed by atoms with Crippen molar-refractivity contribution >= 4 is 0 Å². The maximum atomic E-state index is 5.20. The minimum Gasteiger partial charge on any atom is -0.468 e. The lowest BCUT2D eigenvalue weighted by molar-refractivity contribution is 0.133. The van der Waals surface area contributed by atoms with Crippen LogP contribution in [0.1, 0.15) is 5.76 Å². The molecular formula is C8H11NO2. The molecule has 1 fully saturated rings. The third-order valence-electron chi connectivity index (χ3n) is 1.79. The molecule has 0 aromatic carbocycles. The fraction of sp³-hybridized carbons (Fsp3) is 0.500. The molecule has 0 atom stereocenters. The smallest absolute Gasteiger partial charge is 0.117 e. The Morgan fingerprint density at radius 3 is 3.18 bits per heavy atom. The molecule has 0 unspecified atom stereocenters. The van der Waals surface area contributed by atoms with Crippen molar-refractivity contribution in [3.05, 3.63) is 24.2 Å². The number of ether oxygens (including phenoxy) is 1. The summed E-state index contributed by atoms with van der Waals surface area (Å²) in [6.07, 6.45) is 1.70. The van der Waals surface area contributed by atoms with Crippen LogP contribution < -0.4 is 0 Å². The molecule has 0 saturated carbocycles. The minimum absolute atomic E-state index is 0.737. The van der Waals surface area contributed by atoms with Crippen LogP contribution in [0.5, 0.6) is 0 Å². The van der Waals surface area contributed by atoms with Crippen LogP contribution in [-0.2, 0) is 11.3 Å². The van der Waals surface area contributed by atoms with Gasteiger partial charge in [-0.05, 0) is 12.1 Å². The zero-order valence-corrected chi connectivity index (χ0v) is 6.32. The Bertz CT molecular complexity index is 202. The molecule has 0 spiro atoms. The molecular weight excluding hydrogens is 142 g/mol. The van der Waals surface area contributed by atoms with Crippen LogP contribution in [0.2, 0.25) is 0 Å². The van der Waals surface area contributed by atoms with E-state index in [4.69, 9.17) is 9.15 Å². The van der Waals surface area contributed by atoms with E-state index in [-0.39, 0.29) is 0 Å². The largest absolute Gasteiger partial charge is 0.468 e. The van der Waals surface area contributed by atoms with E-state index in [1.165, 1.54) is 0 Å². The molecule has 0 radical (unpaired) electrons. The van der Waals surface area contributed by atoms with E-state index in [1.54, 1.807) is 6.26 Å². The summed E-state index contributed by atoms with van der Waals surface area (Å²) in [5, 5.41) is 0. The molecule has 1 aromatic heterocycles. The van der Waals surface area contributed by atoms with Gasteiger partial charge in [0.2, 0.25) is 0 Å². The number of hydrogen-bond donors (Lipinski definition) is 0. The standard InChI is InChI=1S/C8H11NO2/c1-2-8(11-4-1)6-9-3-5-10-7-9/h1-2,4H,3,5-7H2. The summed E-state index contributed by atoms with van der Waals surface area (Å²) < 4.78 is 10.4. The quantitative estimate of drug-likeness (QED) is 0.635. The Morgan fingerprint density at radius 2 is 2.55 bits per heavy atom. The maximum absolute atomic E-state index is 5.20. The lowest BCUT2D eigenvalue weighted by Crippen LogP contribution is -2.18. The first kappa shape index (κ1) is 6.88. The van der Waals surface area contributed by atoms with Gasteiger partial charge >= 0.3 is 0 Å². The SMILES string of the molecule is c1coc(CN2CCOC2)c1. The van der Waals surface area contributed by atoms with Crippen molar-refractivity contribution in [1.82, 2.24) is 4.90 Å². The van der Waals surface area contributed by atoms with Crippen molar-refractivity contribution in [1.29, 1.82) is 0 Å². The van der Waals surface area contributed by atoms with Crippen LogP contribution in [0, 0.1) is 0 Å². The van der Waals surface area contributed by atoms with Crippen LogP contribution in [0.15, 0.2) is 22.8 Å². The summed E-state index contributed by atoms with van der Waals surface area (Å²) in [5.41, 5.74) is 0. The van der Waals surface area contributed by atoms with Crippen LogP contribution in [0.4, 0.5) is 0 Å². The highest BCUT2D eigenvalue weighted by Gasteiger charge is 2.12. The molecule has 0 N–H and O–H groups in total. The fourth-order valence-corrected chi connectivity index (χ4v) is 1.20. The second kappa shape index (κ2) is 3.07. The van der Waals surface area contributed by atoms with Crippen molar-refractivity contribution < 1.29 is 9.15 Å². The van der Waals surface area contributed by atoms with E-state index in [9.17, 15) is 0 Å². The van der Waals surface area contributed by atoms with Gasteiger partial charge in [0, 0.05) is 6.54 Å². The molecule has 60 valence electrons. The minimum atomic E-state index is 0.737. The van der Waals surface area contributed by atoms with E-state index in [1.807, 2.05) is 12.1 Å². The molecule has 11 heavy (non-hydrogen) atoms. The summed E-state index contributed by atoms with van der Waals surface area (Å²) in [6, 6.07) is 3.89. The van der Waals surface area contributed by atoms with Crippen LogP contribution in [-0.4, -0.2) is 24.8 Å². The average molecular weight is 153 g/mol. The predicted octanol–water partition coefficient (Wildman–Crippen LogP) is 1.07. The van der Waals surface area contributed by atoms with Crippen molar-refractivity contribution in [3.8, 4) is 0 Å². The highest BCUT2D eigenvalue weighted by molar-refractivity contribution is 4.97. The summed E-state index contributed by atoms with van der Waals surface area (Å²) in [7, 11) is 0. The van der Waals surface area contributed by atoms with Gasteiger partial charge in [-0.1, -0.05) is 0 Å². The number of rotatable bonds is 2. The molecule has 1 aliphatic rings. The molecule has 3 nitrogen and oxygen atoms in total. The second-order valence-electron chi connectivity index (χ2n) is 2.67. The fourth-order valence-electron chi connectivity index (χ4n) is 1.20. The molecule has 0 amide bonds. The van der Waals surface area contributed by atoms with E-state index in [0.717, 1.165) is 32.2 Å². The van der Waals surface area contributed by atoms with Gasteiger partial charge in [0.15, 0.2) is 0 Å². The van der Waals surface area contributed by atoms with Crippen LogP contribution in [0.3, 0.4) is 0 Å². The van der Waals surface area contributed by atoms with Crippen LogP contribution >= 0.6 is 0 Å². The van der Waals surface area contributed by atoms with Gasteiger partial charge in [0.05, 0.1) is 26.1 Å². The highest BCUT2D eigenvalue weighted by atomic mass is 16.5. The topological polar surface area (TPSA) is 25.6 Å². The summed E-state index contributed by atoms with van der Waals surface area (Å²) in [4.78, 5) is 2.21. The maximum Gasteiger partial charge on any atom is 0.117 e. The predicted molar refractivity (Wildman–Crippen MR) is 39.9 cm³/mol. The molecule has 1 aliphatic heterocycles. The Hall–Kier alpha value is -0.800. The van der Waals surface area contributed by atoms with Gasteiger partial charge in [-0.2, -0.15) is 0 Å². The highest BCUT2D eigenvalue weighted by Crippen LogP contribution is 2.07. The zero-order valence-electron chi connectivity index (χ0n) is 6.32. The molecule has 0 aliphatic carbocycles. The first-order valence-corrected chi connectivity index (χ1v) is 3.77. The number of furan rings is 1. The normalized spacial score (nSPS) is 19.3. The van der Waals surface area contributed by atoms with Crippen molar-refractivity contribution in [2.45, 2.75) is 6.54 Å². The first-order chi connectivity index (χ1) is 5.45.